The zero-order chi connectivity index (χ0) is 19.5. The second kappa shape index (κ2) is 8.07. The van der Waals surface area contributed by atoms with Gasteiger partial charge in [-0.25, -0.2) is 12.7 Å². The average Bonchev–Trinajstić information content (AvgIpc) is 2.57. The molecule has 0 aliphatic carbocycles. The monoisotopic (exact) mass is 396 g/mol. The molecule has 0 aliphatic heterocycles. The SMILES string of the molecule is Cc1ccc(Cl)c(OCC(=O)Nc2ccc(C)c(S(=O)(=O)N(C)C)c2)c1. The number of rotatable bonds is 6. The molecule has 0 fully saturated rings. The van der Waals surface area contributed by atoms with Crippen LogP contribution in [-0.4, -0.2) is 39.3 Å². The molecule has 140 valence electrons. The van der Waals surface area contributed by atoms with Gasteiger partial charge in [0, 0.05) is 19.8 Å². The quantitative estimate of drug-likeness (QED) is 0.813. The molecule has 2 aromatic carbocycles. The Bertz CT molecular complexity index is 927. The minimum atomic E-state index is -3.60. The summed E-state index contributed by atoms with van der Waals surface area (Å²) in [6.07, 6.45) is 0. The molecular weight excluding hydrogens is 376 g/mol. The number of sulfonamides is 1. The molecule has 6 nitrogen and oxygen atoms in total. The molecule has 0 spiro atoms. The highest BCUT2D eigenvalue weighted by molar-refractivity contribution is 7.89. The predicted molar refractivity (Wildman–Crippen MR) is 102 cm³/mol. The molecule has 2 aromatic rings. The number of halogens is 1. The van der Waals surface area contributed by atoms with Crippen LogP contribution in [-0.2, 0) is 14.8 Å². The fraction of sp³-hybridized carbons (Fsp3) is 0.278. The number of aryl methyl sites for hydroxylation is 2. The summed E-state index contributed by atoms with van der Waals surface area (Å²) in [7, 11) is -0.683. The van der Waals surface area contributed by atoms with Crippen molar-refractivity contribution >= 4 is 33.2 Å². The maximum atomic E-state index is 12.3. The molecule has 0 aliphatic rings. The lowest BCUT2D eigenvalue weighted by Crippen LogP contribution is -2.24. The fourth-order valence-corrected chi connectivity index (χ4v) is 3.53. The van der Waals surface area contributed by atoms with Gasteiger partial charge in [0.25, 0.3) is 5.91 Å². The lowest BCUT2D eigenvalue weighted by Gasteiger charge is -2.15. The molecule has 0 radical (unpaired) electrons. The summed E-state index contributed by atoms with van der Waals surface area (Å²) in [6.45, 7) is 3.35. The number of nitrogens with zero attached hydrogens (tertiary/aromatic N) is 1. The number of hydrogen-bond acceptors (Lipinski definition) is 4. The zero-order valence-corrected chi connectivity index (χ0v) is 16.6. The van der Waals surface area contributed by atoms with E-state index in [1.165, 1.54) is 20.2 Å². The molecule has 0 saturated heterocycles. The molecular formula is C18H21ClN2O4S. The molecule has 0 bridgehead atoms. The summed E-state index contributed by atoms with van der Waals surface area (Å²) in [5.74, 6) is 0.00113. The van der Waals surface area contributed by atoms with Gasteiger partial charge < -0.3 is 10.1 Å². The van der Waals surface area contributed by atoms with Gasteiger partial charge in [0.2, 0.25) is 10.0 Å². The predicted octanol–water partition coefficient (Wildman–Crippen LogP) is 3.22. The second-order valence-electron chi connectivity index (χ2n) is 6.04. The first kappa shape index (κ1) is 20.2. The molecule has 0 heterocycles. The van der Waals surface area contributed by atoms with Crippen LogP contribution in [0.1, 0.15) is 11.1 Å². The van der Waals surface area contributed by atoms with Crippen molar-refractivity contribution in [2.45, 2.75) is 18.7 Å². The molecule has 26 heavy (non-hydrogen) atoms. The minimum Gasteiger partial charge on any atom is -0.482 e. The first-order chi connectivity index (χ1) is 12.1. The summed E-state index contributed by atoms with van der Waals surface area (Å²) < 4.78 is 31.3. The van der Waals surface area contributed by atoms with Crippen LogP contribution in [0.2, 0.25) is 5.02 Å². The Morgan fingerprint density at radius 3 is 2.50 bits per heavy atom. The molecule has 2 rings (SSSR count). The third-order valence-electron chi connectivity index (χ3n) is 3.68. The van der Waals surface area contributed by atoms with Crippen LogP contribution in [0.3, 0.4) is 0 Å². The normalized spacial score (nSPS) is 11.5. The number of carbonyl (C=O) groups excluding carboxylic acids is 1. The average molecular weight is 397 g/mol. The van der Waals surface area contributed by atoms with Crippen molar-refractivity contribution < 1.29 is 17.9 Å². The van der Waals surface area contributed by atoms with Gasteiger partial charge in [-0.15, -0.1) is 0 Å². The van der Waals surface area contributed by atoms with E-state index in [4.69, 9.17) is 16.3 Å². The van der Waals surface area contributed by atoms with E-state index in [2.05, 4.69) is 5.32 Å². The van der Waals surface area contributed by atoms with E-state index in [0.29, 0.717) is 22.0 Å². The maximum absolute atomic E-state index is 12.3. The largest absolute Gasteiger partial charge is 0.482 e. The van der Waals surface area contributed by atoms with Crippen molar-refractivity contribution in [3.63, 3.8) is 0 Å². The van der Waals surface area contributed by atoms with E-state index in [-0.39, 0.29) is 11.5 Å². The standard InChI is InChI=1S/C18H21ClN2O4S/c1-12-5-8-15(19)16(9-12)25-11-18(22)20-14-7-6-13(2)17(10-14)26(23,24)21(3)4/h5-10H,11H2,1-4H3,(H,20,22). The van der Waals surface area contributed by atoms with Gasteiger partial charge >= 0.3 is 0 Å². The van der Waals surface area contributed by atoms with Crippen LogP contribution in [0.15, 0.2) is 41.3 Å². The fourth-order valence-electron chi connectivity index (χ4n) is 2.21. The Kier molecular flexibility index (Phi) is 6.28. The van der Waals surface area contributed by atoms with Crippen molar-refractivity contribution in [2.75, 3.05) is 26.0 Å². The van der Waals surface area contributed by atoms with E-state index in [1.54, 1.807) is 31.2 Å². The van der Waals surface area contributed by atoms with Gasteiger partial charge in [0.05, 0.1) is 9.92 Å². The molecule has 0 aromatic heterocycles. The van der Waals surface area contributed by atoms with Crippen LogP contribution in [0.4, 0.5) is 5.69 Å². The molecule has 8 heteroatoms. The van der Waals surface area contributed by atoms with Gasteiger partial charge in [0.15, 0.2) is 6.61 Å². The highest BCUT2D eigenvalue weighted by Gasteiger charge is 2.20. The zero-order valence-electron chi connectivity index (χ0n) is 15.0. The molecule has 1 amide bonds. The minimum absolute atomic E-state index is 0.142. The Balaban J connectivity index is 2.11. The van der Waals surface area contributed by atoms with Crippen LogP contribution in [0.25, 0.3) is 0 Å². The number of ether oxygens (including phenoxy) is 1. The van der Waals surface area contributed by atoms with E-state index >= 15 is 0 Å². The van der Waals surface area contributed by atoms with Crippen molar-refractivity contribution in [2.24, 2.45) is 0 Å². The summed E-state index contributed by atoms with van der Waals surface area (Å²) in [4.78, 5) is 12.3. The topological polar surface area (TPSA) is 75.7 Å². The smallest absolute Gasteiger partial charge is 0.262 e. The molecule has 0 unspecified atom stereocenters. The van der Waals surface area contributed by atoms with Crippen molar-refractivity contribution in [1.82, 2.24) is 4.31 Å². The Morgan fingerprint density at radius 2 is 1.85 bits per heavy atom. The number of benzene rings is 2. The van der Waals surface area contributed by atoms with Gasteiger partial charge in [-0.2, -0.15) is 0 Å². The van der Waals surface area contributed by atoms with Crippen LogP contribution < -0.4 is 10.1 Å². The molecule has 0 saturated carbocycles. The number of carbonyl (C=O) groups is 1. The summed E-state index contributed by atoms with van der Waals surface area (Å²) >= 11 is 6.03. The number of nitrogens with one attached hydrogen (secondary N) is 1. The van der Waals surface area contributed by atoms with Gasteiger partial charge in [-0.05, 0) is 49.2 Å². The highest BCUT2D eigenvalue weighted by atomic mass is 35.5. The van der Waals surface area contributed by atoms with Gasteiger partial charge in [-0.3, -0.25) is 4.79 Å². The van der Waals surface area contributed by atoms with Crippen molar-refractivity contribution in [3.05, 3.63) is 52.5 Å². The summed E-state index contributed by atoms with van der Waals surface area (Å²) in [5, 5.41) is 3.05. The lowest BCUT2D eigenvalue weighted by molar-refractivity contribution is -0.118. The molecule has 1 N–H and O–H groups in total. The number of amides is 1. The van der Waals surface area contributed by atoms with E-state index < -0.39 is 15.9 Å². The third kappa shape index (κ3) is 4.75. The Morgan fingerprint density at radius 1 is 1.15 bits per heavy atom. The lowest BCUT2D eigenvalue weighted by atomic mass is 10.2. The van der Waals surface area contributed by atoms with E-state index in [1.807, 2.05) is 13.0 Å². The van der Waals surface area contributed by atoms with Crippen molar-refractivity contribution in [3.8, 4) is 5.75 Å². The first-order valence-corrected chi connectivity index (χ1v) is 9.65. The Hall–Kier alpha value is -2.09. The number of hydrogen-bond donors (Lipinski definition) is 1. The summed E-state index contributed by atoms with van der Waals surface area (Å²) in [6, 6.07) is 9.99. The third-order valence-corrected chi connectivity index (χ3v) is 5.95. The first-order valence-electron chi connectivity index (χ1n) is 7.83. The van der Waals surface area contributed by atoms with Crippen LogP contribution in [0, 0.1) is 13.8 Å². The second-order valence-corrected chi connectivity index (χ2v) is 8.57. The highest BCUT2D eigenvalue weighted by Crippen LogP contribution is 2.25. The summed E-state index contributed by atoms with van der Waals surface area (Å²) in [5.41, 5.74) is 1.93. The van der Waals surface area contributed by atoms with Gasteiger partial charge in [-0.1, -0.05) is 23.7 Å². The molecule has 0 atom stereocenters. The van der Waals surface area contributed by atoms with Gasteiger partial charge in [0.1, 0.15) is 5.75 Å². The number of anilines is 1. The maximum Gasteiger partial charge on any atom is 0.262 e. The van der Waals surface area contributed by atoms with E-state index in [0.717, 1.165) is 9.87 Å². The van der Waals surface area contributed by atoms with E-state index in [9.17, 15) is 13.2 Å². The van der Waals surface area contributed by atoms with Crippen LogP contribution in [0.5, 0.6) is 5.75 Å². The Labute approximate surface area is 158 Å². The van der Waals surface area contributed by atoms with Crippen molar-refractivity contribution in [1.29, 1.82) is 0 Å². The van der Waals surface area contributed by atoms with Crippen LogP contribution >= 0.6 is 11.6 Å².